The number of piperidine rings is 1. The zero-order valence-electron chi connectivity index (χ0n) is 14.6. The summed E-state index contributed by atoms with van der Waals surface area (Å²) in [4.78, 5) is 14.3. The number of amides is 1. The maximum atomic E-state index is 12.3. The van der Waals surface area contributed by atoms with Crippen molar-refractivity contribution in [3.63, 3.8) is 0 Å². The van der Waals surface area contributed by atoms with Gasteiger partial charge in [0, 0.05) is 28.9 Å². The first-order valence-electron chi connectivity index (χ1n) is 8.89. The predicted molar refractivity (Wildman–Crippen MR) is 108 cm³/mol. The fraction of sp³-hybridized carbons (Fsp3) is 0.381. The number of carbonyl (C=O) groups is 1. The third-order valence-electron chi connectivity index (χ3n) is 4.73. The van der Waals surface area contributed by atoms with Crippen LogP contribution in [0.15, 0.2) is 48.5 Å². The molecule has 132 valence electrons. The van der Waals surface area contributed by atoms with Crippen molar-refractivity contribution in [2.75, 3.05) is 18.8 Å². The van der Waals surface area contributed by atoms with Gasteiger partial charge in [-0.05, 0) is 43.4 Å². The van der Waals surface area contributed by atoms with Crippen molar-refractivity contribution in [1.82, 2.24) is 4.90 Å². The van der Waals surface area contributed by atoms with Crippen LogP contribution in [-0.2, 0) is 4.79 Å². The van der Waals surface area contributed by atoms with Crippen molar-refractivity contribution in [3.05, 3.63) is 59.1 Å². The molecule has 1 unspecified atom stereocenters. The lowest BCUT2D eigenvalue weighted by Gasteiger charge is -2.27. The number of benzene rings is 2. The summed E-state index contributed by atoms with van der Waals surface area (Å²) >= 11 is 7.99. The van der Waals surface area contributed by atoms with Crippen molar-refractivity contribution in [1.29, 1.82) is 0 Å². The first-order chi connectivity index (χ1) is 12.1. The van der Waals surface area contributed by atoms with Gasteiger partial charge in [0.15, 0.2) is 0 Å². The number of halogens is 1. The van der Waals surface area contributed by atoms with Gasteiger partial charge in [0.05, 0.1) is 5.75 Å². The summed E-state index contributed by atoms with van der Waals surface area (Å²) in [5, 5.41) is 1.07. The molecule has 0 aliphatic carbocycles. The fourth-order valence-electron chi connectivity index (χ4n) is 3.16. The number of thioether (sulfide) groups is 1. The van der Waals surface area contributed by atoms with Gasteiger partial charge in [-0.25, -0.2) is 0 Å². The van der Waals surface area contributed by atoms with E-state index in [4.69, 9.17) is 11.6 Å². The van der Waals surface area contributed by atoms with E-state index in [1.807, 2.05) is 29.2 Å². The SMILES string of the molecule is CC(SCC(=O)N1CCCCC1)c1ccc(-c2ccccc2Cl)cc1. The largest absolute Gasteiger partial charge is 0.342 e. The van der Waals surface area contributed by atoms with E-state index in [0.717, 1.165) is 42.1 Å². The Balaban J connectivity index is 1.58. The molecule has 2 aromatic carbocycles. The highest BCUT2D eigenvalue weighted by molar-refractivity contribution is 8.00. The van der Waals surface area contributed by atoms with Crippen LogP contribution in [-0.4, -0.2) is 29.6 Å². The molecule has 1 fully saturated rings. The van der Waals surface area contributed by atoms with Crippen molar-refractivity contribution in [2.45, 2.75) is 31.4 Å². The van der Waals surface area contributed by atoms with Gasteiger partial charge in [-0.1, -0.05) is 54.1 Å². The quantitative estimate of drug-likeness (QED) is 0.658. The van der Waals surface area contributed by atoms with Crippen LogP contribution in [0.25, 0.3) is 11.1 Å². The molecule has 25 heavy (non-hydrogen) atoms. The highest BCUT2D eigenvalue weighted by Crippen LogP contribution is 2.32. The molecular weight excluding hydrogens is 350 g/mol. The summed E-state index contributed by atoms with van der Waals surface area (Å²) in [6.45, 7) is 4.03. The van der Waals surface area contributed by atoms with Crippen LogP contribution in [0.1, 0.15) is 37.0 Å². The van der Waals surface area contributed by atoms with E-state index >= 15 is 0 Å². The van der Waals surface area contributed by atoms with Crippen LogP contribution in [0, 0.1) is 0 Å². The Morgan fingerprint density at radius 2 is 1.76 bits per heavy atom. The maximum Gasteiger partial charge on any atom is 0.232 e. The number of hydrogen-bond donors (Lipinski definition) is 0. The summed E-state index contributed by atoms with van der Waals surface area (Å²) in [6.07, 6.45) is 3.55. The fourth-order valence-corrected chi connectivity index (χ4v) is 4.33. The van der Waals surface area contributed by atoms with Gasteiger partial charge < -0.3 is 4.90 Å². The van der Waals surface area contributed by atoms with Gasteiger partial charge >= 0.3 is 0 Å². The van der Waals surface area contributed by atoms with Gasteiger partial charge in [0.2, 0.25) is 5.91 Å². The number of nitrogens with zero attached hydrogens (tertiary/aromatic N) is 1. The molecule has 0 radical (unpaired) electrons. The third kappa shape index (κ3) is 4.80. The molecule has 1 atom stereocenters. The lowest BCUT2D eigenvalue weighted by atomic mass is 10.0. The Morgan fingerprint density at radius 3 is 2.44 bits per heavy atom. The minimum absolute atomic E-state index is 0.282. The van der Waals surface area contributed by atoms with Crippen LogP contribution in [0.5, 0.6) is 0 Å². The minimum atomic E-state index is 0.282. The molecule has 1 amide bonds. The molecule has 1 aliphatic rings. The summed E-state index contributed by atoms with van der Waals surface area (Å²) < 4.78 is 0. The van der Waals surface area contributed by atoms with E-state index in [2.05, 4.69) is 31.2 Å². The molecule has 4 heteroatoms. The van der Waals surface area contributed by atoms with Crippen molar-refractivity contribution >= 4 is 29.3 Å². The molecule has 1 aliphatic heterocycles. The second-order valence-electron chi connectivity index (χ2n) is 6.50. The van der Waals surface area contributed by atoms with Crippen LogP contribution >= 0.6 is 23.4 Å². The molecule has 2 nitrogen and oxygen atoms in total. The number of carbonyl (C=O) groups excluding carboxylic acids is 1. The Hall–Kier alpha value is -1.45. The van der Waals surface area contributed by atoms with Crippen molar-refractivity contribution in [3.8, 4) is 11.1 Å². The Bertz CT molecular complexity index is 710. The molecule has 0 saturated carbocycles. The first kappa shape index (κ1) is 18.3. The van der Waals surface area contributed by atoms with Crippen LogP contribution in [0.2, 0.25) is 5.02 Å². The molecule has 0 bridgehead atoms. The highest BCUT2D eigenvalue weighted by Gasteiger charge is 2.17. The van der Waals surface area contributed by atoms with Gasteiger partial charge in [-0.3, -0.25) is 4.79 Å². The summed E-state index contributed by atoms with van der Waals surface area (Å²) in [6, 6.07) is 16.4. The lowest BCUT2D eigenvalue weighted by molar-refractivity contribution is -0.129. The summed E-state index contributed by atoms with van der Waals surface area (Å²) in [5.74, 6) is 0.845. The number of rotatable bonds is 5. The van der Waals surface area contributed by atoms with E-state index in [-0.39, 0.29) is 5.91 Å². The smallest absolute Gasteiger partial charge is 0.232 e. The van der Waals surface area contributed by atoms with Crippen LogP contribution in [0.3, 0.4) is 0 Å². The van der Waals surface area contributed by atoms with Gasteiger partial charge in [0.25, 0.3) is 0 Å². The predicted octanol–water partition coefficient (Wildman–Crippen LogP) is 5.81. The minimum Gasteiger partial charge on any atom is -0.342 e. The van der Waals surface area contributed by atoms with Crippen molar-refractivity contribution < 1.29 is 4.79 Å². The van der Waals surface area contributed by atoms with Crippen LogP contribution in [0.4, 0.5) is 0 Å². The summed E-state index contributed by atoms with van der Waals surface area (Å²) in [5.41, 5.74) is 3.42. The first-order valence-corrected chi connectivity index (χ1v) is 10.3. The van der Waals surface area contributed by atoms with Gasteiger partial charge in [0.1, 0.15) is 0 Å². The monoisotopic (exact) mass is 373 g/mol. The Morgan fingerprint density at radius 1 is 1.08 bits per heavy atom. The highest BCUT2D eigenvalue weighted by atomic mass is 35.5. The molecule has 0 spiro atoms. The Kier molecular flexibility index (Phi) is 6.44. The number of hydrogen-bond acceptors (Lipinski definition) is 2. The van der Waals surface area contributed by atoms with Gasteiger partial charge in [-0.2, -0.15) is 0 Å². The normalized spacial score (nSPS) is 15.8. The second-order valence-corrected chi connectivity index (χ2v) is 8.23. The average molecular weight is 374 g/mol. The molecule has 0 aromatic heterocycles. The Labute approximate surface area is 159 Å². The molecule has 0 N–H and O–H groups in total. The van der Waals surface area contributed by atoms with Gasteiger partial charge in [-0.15, -0.1) is 11.8 Å². The molecule has 1 heterocycles. The third-order valence-corrected chi connectivity index (χ3v) is 6.25. The molecule has 3 rings (SSSR count). The second kappa shape index (κ2) is 8.77. The van der Waals surface area contributed by atoms with Crippen molar-refractivity contribution in [2.24, 2.45) is 0 Å². The van der Waals surface area contributed by atoms with E-state index in [9.17, 15) is 4.79 Å². The lowest BCUT2D eigenvalue weighted by Crippen LogP contribution is -2.36. The average Bonchev–Trinajstić information content (AvgIpc) is 2.67. The van der Waals surface area contributed by atoms with Crippen LogP contribution < -0.4 is 0 Å². The van der Waals surface area contributed by atoms with E-state index in [1.54, 1.807) is 11.8 Å². The maximum absolute atomic E-state index is 12.3. The standard InChI is InChI=1S/C21H24ClNOS/c1-16(25-15-21(24)23-13-5-2-6-14-23)17-9-11-18(12-10-17)19-7-3-4-8-20(19)22/h3-4,7-12,16H,2,5-6,13-15H2,1H3. The summed E-state index contributed by atoms with van der Waals surface area (Å²) in [7, 11) is 0. The molecule has 2 aromatic rings. The van der Waals surface area contributed by atoms with E-state index in [1.165, 1.54) is 12.0 Å². The topological polar surface area (TPSA) is 20.3 Å². The van der Waals surface area contributed by atoms with E-state index in [0.29, 0.717) is 11.0 Å². The molecular formula is C21H24ClNOS. The zero-order valence-corrected chi connectivity index (χ0v) is 16.2. The number of likely N-dealkylation sites (tertiary alicyclic amines) is 1. The van der Waals surface area contributed by atoms with E-state index < -0.39 is 0 Å². The molecule has 1 saturated heterocycles. The zero-order chi connectivity index (χ0) is 17.6.